The third kappa shape index (κ3) is 10.5. The number of carbonyl (C=O) groups is 1. The summed E-state index contributed by atoms with van der Waals surface area (Å²) in [5.74, 6) is 1.40. The van der Waals surface area contributed by atoms with Crippen LogP contribution in [0.2, 0.25) is 5.02 Å². The number of likely N-dealkylation sites (N-methyl/N-ethyl adjacent to an activating group) is 1. The van der Waals surface area contributed by atoms with Crippen molar-refractivity contribution in [3.63, 3.8) is 0 Å². The molecule has 2 aromatic rings. The Morgan fingerprint density at radius 1 is 1.07 bits per heavy atom. The third-order valence-corrected chi connectivity index (χ3v) is 15.0. The summed E-state index contributed by atoms with van der Waals surface area (Å²) in [5, 5.41) is 0.529. The van der Waals surface area contributed by atoms with Gasteiger partial charge in [-0.15, -0.1) is 0 Å². The van der Waals surface area contributed by atoms with Crippen LogP contribution in [0, 0.1) is 17.8 Å². The number of rotatable bonds is 4. The Morgan fingerprint density at radius 2 is 1.91 bits per heavy atom. The maximum Gasteiger partial charge on any atom is 0.263 e. The number of halogens is 1. The first kappa shape index (κ1) is 44.1. The van der Waals surface area contributed by atoms with Gasteiger partial charge in [0.25, 0.3) is 5.91 Å². The molecule has 6 aliphatic rings. The number of nitrogens with zero attached hydrogens (tertiary/aromatic N) is 3. The Kier molecular flexibility index (Phi) is 16.0. The summed E-state index contributed by atoms with van der Waals surface area (Å²) < 4.78 is 39.8. The van der Waals surface area contributed by atoms with Gasteiger partial charge in [0.15, 0.2) is 0 Å². The van der Waals surface area contributed by atoms with Gasteiger partial charge in [0.2, 0.25) is 0 Å². The van der Waals surface area contributed by atoms with E-state index in [0.29, 0.717) is 43.1 Å². The van der Waals surface area contributed by atoms with Crippen LogP contribution in [0.3, 0.4) is 0 Å². The van der Waals surface area contributed by atoms with Gasteiger partial charge in [-0.2, -0.15) is 0 Å². The van der Waals surface area contributed by atoms with Crippen LogP contribution in [0.15, 0.2) is 48.6 Å². The normalized spacial score (nSPS) is 32.2. The van der Waals surface area contributed by atoms with Crippen LogP contribution >= 0.6 is 11.6 Å². The van der Waals surface area contributed by atoms with Crippen molar-refractivity contribution in [1.82, 2.24) is 14.5 Å². The van der Waals surface area contributed by atoms with Crippen molar-refractivity contribution in [1.29, 1.82) is 0 Å². The summed E-state index contributed by atoms with van der Waals surface area (Å²) in [6.45, 7) is 15.4. The number of ether oxygens (including phenoxy) is 4. The number of aryl methyl sites for hydroxylation is 1. The lowest BCUT2D eigenvalue weighted by Gasteiger charge is -2.46. The summed E-state index contributed by atoms with van der Waals surface area (Å²) in [7, 11) is 4.06. The second kappa shape index (κ2) is 20.6. The van der Waals surface area contributed by atoms with Crippen LogP contribution in [0.25, 0.3) is 0 Å². The van der Waals surface area contributed by atoms with E-state index in [0.717, 1.165) is 87.8 Å². The number of allylic oxidation sites excluding steroid dienone is 1. The lowest BCUT2D eigenvalue weighted by Crippen LogP contribution is -2.56. The van der Waals surface area contributed by atoms with Gasteiger partial charge in [0.1, 0.15) is 16.7 Å². The van der Waals surface area contributed by atoms with Crippen molar-refractivity contribution in [2.75, 3.05) is 91.9 Å². The standard InChI is InChI=1S/C35H45ClN2O5S.C8H16N2O.C2H6/c1-23-6-4-8-31(42-3)28-12-9-26(28)20-38-21-35(16-5-7-24-18-27(36)11-13-29(24)35)22-43-32-14-10-25(19-30(32)38)34(39)37-44(40)33(23)15-17-41-2;1-9-2-3-10-4-5-11-7-8(10)6-9;1-2/h4,8,10-11,13-14,18-19,23,26,28,31,33H,5-7,9,12,15-17,20-22H2,1-3H3,(H,37,39);8H,2-7H2,1H3;1-2H3/b8-4+;;/t23?,26?,28?,31?,33?,35-,44?;;/m0../s1. The van der Waals surface area contributed by atoms with Gasteiger partial charge in [-0.1, -0.05) is 50.6 Å². The van der Waals surface area contributed by atoms with Gasteiger partial charge >= 0.3 is 0 Å². The molecule has 2 saturated heterocycles. The Morgan fingerprint density at radius 3 is 2.68 bits per heavy atom. The molecular formula is C45H67ClN4O6S. The lowest BCUT2D eigenvalue weighted by molar-refractivity contribution is -0.0397. The van der Waals surface area contributed by atoms with Gasteiger partial charge in [-0.25, -0.2) is 4.21 Å². The topological polar surface area (TPSA) is 92.8 Å². The zero-order valence-electron chi connectivity index (χ0n) is 35.2. The van der Waals surface area contributed by atoms with Crippen LogP contribution in [0.4, 0.5) is 5.69 Å². The molecule has 2 bridgehead atoms. The van der Waals surface area contributed by atoms with E-state index in [-0.39, 0.29) is 28.6 Å². The van der Waals surface area contributed by atoms with Crippen molar-refractivity contribution < 1.29 is 28.0 Å². The average Bonchev–Trinajstić information content (AvgIpc) is 3.36. The predicted molar refractivity (Wildman–Crippen MR) is 231 cm³/mol. The number of nitrogens with one attached hydrogen (secondary N) is 1. The molecule has 1 N–H and O–H groups in total. The smallest absolute Gasteiger partial charge is 0.263 e. The highest BCUT2D eigenvalue weighted by Crippen LogP contribution is 2.47. The Labute approximate surface area is 349 Å². The van der Waals surface area contributed by atoms with E-state index >= 15 is 0 Å². The van der Waals surface area contributed by atoms with Crippen LogP contribution < -0.4 is 14.4 Å². The second-order valence-corrected chi connectivity index (χ2v) is 18.5. The Balaban J connectivity index is 0.000000359. The first-order valence-corrected chi connectivity index (χ1v) is 23.0. The summed E-state index contributed by atoms with van der Waals surface area (Å²) >= 11 is 6.43. The van der Waals surface area contributed by atoms with E-state index in [1.54, 1.807) is 20.3 Å². The number of hydrogen-bond donors (Lipinski definition) is 1. The van der Waals surface area contributed by atoms with Crippen molar-refractivity contribution in [2.45, 2.75) is 88.5 Å². The predicted octanol–water partition coefficient (Wildman–Crippen LogP) is 6.91. The minimum Gasteiger partial charge on any atom is -0.490 e. The highest BCUT2D eigenvalue weighted by atomic mass is 35.5. The number of methoxy groups -OCH3 is 2. The molecular weight excluding hydrogens is 760 g/mol. The maximum absolute atomic E-state index is 13.6. The molecule has 1 spiro atoms. The molecule has 7 unspecified atom stereocenters. The number of benzene rings is 2. The average molecular weight is 828 g/mol. The van der Waals surface area contributed by atoms with Crippen LogP contribution in [0.5, 0.6) is 5.75 Å². The van der Waals surface area contributed by atoms with Gasteiger partial charge in [-0.05, 0) is 111 Å². The first-order chi connectivity index (χ1) is 27.7. The second-order valence-electron chi connectivity index (χ2n) is 16.7. The Hall–Kier alpha value is -2.51. The quantitative estimate of drug-likeness (QED) is 0.331. The molecule has 1 amide bonds. The molecule has 316 valence electrons. The highest BCUT2D eigenvalue weighted by Gasteiger charge is 2.44. The molecule has 8 atom stereocenters. The number of amides is 1. The molecule has 4 aliphatic heterocycles. The molecule has 2 aromatic carbocycles. The van der Waals surface area contributed by atoms with E-state index in [1.165, 1.54) is 30.8 Å². The number of anilines is 1. The van der Waals surface area contributed by atoms with Crippen LogP contribution in [-0.4, -0.2) is 124 Å². The highest BCUT2D eigenvalue weighted by molar-refractivity contribution is 7.84. The molecule has 10 nitrogen and oxygen atoms in total. The van der Waals surface area contributed by atoms with E-state index in [4.69, 9.17) is 30.5 Å². The first-order valence-electron chi connectivity index (χ1n) is 21.4. The summed E-state index contributed by atoms with van der Waals surface area (Å²) in [5.41, 5.74) is 3.85. The summed E-state index contributed by atoms with van der Waals surface area (Å²) in [4.78, 5) is 21.0. The van der Waals surface area contributed by atoms with Crippen molar-refractivity contribution in [3.8, 4) is 5.75 Å². The monoisotopic (exact) mass is 826 g/mol. The van der Waals surface area contributed by atoms with Gasteiger partial charge in [0, 0.05) is 82.1 Å². The Bertz CT molecular complexity index is 1700. The SMILES string of the molecule is CC.CN1CCN2CCOCC2C1.COCCC1C(C)C/C=C/C(OC)C2CCC2CN2C[C@@]3(CCCc4cc(Cl)ccc43)COc3ccc(cc32)C(=O)NS1=O. The fourth-order valence-electron chi connectivity index (χ4n) is 9.73. The maximum atomic E-state index is 13.6. The number of fused-ring (bicyclic) bond motifs is 5. The van der Waals surface area contributed by atoms with Crippen molar-refractivity contribution in [3.05, 3.63) is 70.3 Å². The van der Waals surface area contributed by atoms with Crippen LogP contribution in [0.1, 0.15) is 80.8 Å². The molecule has 0 radical (unpaired) electrons. The molecule has 57 heavy (non-hydrogen) atoms. The van der Waals surface area contributed by atoms with Crippen molar-refractivity contribution >= 4 is 34.2 Å². The molecule has 12 heteroatoms. The van der Waals surface area contributed by atoms with Gasteiger partial charge in [0.05, 0.1) is 36.9 Å². The number of carbonyl (C=O) groups excluding carboxylic acids is 1. The van der Waals surface area contributed by atoms with Gasteiger partial charge in [-0.3, -0.25) is 14.4 Å². The number of piperazine rings is 1. The van der Waals surface area contributed by atoms with E-state index in [2.05, 4.69) is 57.7 Å². The molecule has 8 rings (SSSR count). The third-order valence-electron chi connectivity index (χ3n) is 13.1. The van der Waals surface area contributed by atoms with E-state index in [9.17, 15) is 9.00 Å². The number of hydrogen-bond acceptors (Lipinski definition) is 9. The lowest BCUT2D eigenvalue weighted by atomic mass is 9.68. The zero-order valence-corrected chi connectivity index (χ0v) is 36.8. The molecule has 4 heterocycles. The summed E-state index contributed by atoms with van der Waals surface area (Å²) in [6, 6.07) is 12.6. The summed E-state index contributed by atoms with van der Waals surface area (Å²) in [6.07, 6.45) is 11.1. The molecule has 0 aromatic heterocycles. The van der Waals surface area contributed by atoms with Crippen molar-refractivity contribution in [2.24, 2.45) is 17.8 Å². The zero-order chi connectivity index (χ0) is 40.5. The van der Waals surface area contributed by atoms with Gasteiger partial charge < -0.3 is 28.7 Å². The van der Waals surface area contributed by atoms with Crippen LogP contribution in [-0.2, 0) is 37.0 Å². The minimum atomic E-state index is -1.58. The minimum absolute atomic E-state index is 0.0250. The van der Waals surface area contributed by atoms with E-state index in [1.807, 2.05) is 32.0 Å². The van der Waals surface area contributed by atoms with E-state index < -0.39 is 11.0 Å². The molecule has 2 aliphatic carbocycles. The largest absolute Gasteiger partial charge is 0.490 e. The molecule has 3 fully saturated rings. The number of morpholine rings is 1. The molecule has 1 saturated carbocycles. The fraction of sp³-hybridized carbons (Fsp3) is 0.667. The fourth-order valence-corrected chi connectivity index (χ4v) is 11.2.